The van der Waals surface area contributed by atoms with Crippen molar-refractivity contribution in [1.29, 1.82) is 0 Å². The van der Waals surface area contributed by atoms with Gasteiger partial charge in [-0.3, -0.25) is 4.79 Å². The number of piperidine rings is 1. The summed E-state index contributed by atoms with van der Waals surface area (Å²) in [6, 6.07) is 8.77. The first-order valence-electron chi connectivity index (χ1n) is 7.43. The van der Waals surface area contributed by atoms with Gasteiger partial charge in [-0.25, -0.2) is 0 Å². The second kappa shape index (κ2) is 7.14. The molecule has 4 nitrogen and oxygen atoms in total. The third-order valence-corrected chi connectivity index (χ3v) is 4.42. The zero-order chi connectivity index (χ0) is 13.9. The number of benzene rings is 1. The molecule has 2 bridgehead atoms. The Balaban J connectivity index is 0.00000161. The Morgan fingerprint density at radius 1 is 1.24 bits per heavy atom. The first kappa shape index (κ1) is 16.1. The molecule has 0 radical (unpaired) electrons. The van der Waals surface area contributed by atoms with Gasteiger partial charge in [0.2, 0.25) is 5.91 Å². The Morgan fingerprint density at radius 2 is 1.86 bits per heavy atom. The molecule has 2 aliphatic rings. The number of carbonyl (C=O) groups excluding carboxylic acids is 1. The van der Waals surface area contributed by atoms with Crippen LogP contribution in [-0.4, -0.2) is 25.1 Å². The molecule has 2 atom stereocenters. The molecule has 2 heterocycles. The van der Waals surface area contributed by atoms with Crippen molar-refractivity contribution in [3.05, 3.63) is 24.3 Å². The number of halogens is 1. The summed E-state index contributed by atoms with van der Waals surface area (Å²) < 4.78 is 5.11. The molecule has 2 N–H and O–H groups in total. The maximum absolute atomic E-state index is 12.1. The number of anilines is 1. The third kappa shape index (κ3) is 4.11. The van der Waals surface area contributed by atoms with E-state index in [1.165, 1.54) is 12.8 Å². The predicted octanol–water partition coefficient (Wildman–Crippen LogP) is 2.98. The van der Waals surface area contributed by atoms with E-state index in [-0.39, 0.29) is 18.3 Å². The van der Waals surface area contributed by atoms with Crippen LogP contribution in [0.25, 0.3) is 0 Å². The van der Waals surface area contributed by atoms with Crippen molar-refractivity contribution in [2.24, 2.45) is 5.92 Å². The standard InChI is InChI=1S/C16H22N2O2.ClH/c1-20-15-6-4-12(5-7-15)18-16(19)10-11-8-13-2-3-14(9-11)17-13;/h4-7,11,13-14,17H,2-3,8-10H2,1H3,(H,18,19);1H. The SMILES string of the molecule is COc1ccc(NC(=O)CC2CC3CCC(C2)N3)cc1.Cl. The molecule has 21 heavy (non-hydrogen) atoms. The van der Waals surface area contributed by atoms with E-state index < -0.39 is 0 Å². The van der Waals surface area contributed by atoms with Crippen LogP contribution in [-0.2, 0) is 4.79 Å². The van der Waals surface area contributed by atoms with Crippen molar-refractivity contribution in [2.75, 3.05) is 12.4 Å². The fraction of sp³-hybridized carbons (Fsp3) is 0.562. The van der Waals surface area contributed by atoms with E-state index in [4.69, 9.17) is 4.74 Å². The fourth-order valence-corrected chi connectivity index (χ4v) is 3.49. The highest BCUT2D eigenvalue weighted by molar-refractivity contribution is 5.90. The van der Waals surface area contributed by atoms with Gasteiger partial charge in [-0.2, -0.15) is 0 Å². The Bertz CT molecular complexity index is 466. The van der Waals surface area contributed by atoms with Gasteiger partial charge in [-0.1, -0.05) is 0 Å². The molecular weight excluding hydrogens is 288 g/mol. The van der Waals surface area contributed by atoms with Crippen LogP contribution in [0.3, 0.4) is 0 Å². The summed E-state index contributed by atoms with van der Waals surface area (Å²) in [5, 5.41) is 6.59. The van der Waals surface area contributed by atoms with Gasteiger partial charge in [-0.15, -0.1) is 12.4 Å². The predicted molar refractivity (Wildman–Crippen MR) is 86.2 cm³/mol. The lowest BCUT2D eigenvalue weighted by Crippen LogP contribution is -2.39. The summed E-state index contributed by atoms with van der Waals surface area (Å²) in [5.74, 6) is 1.46. The summed E-state index contributed by atoms with van der Waals surface area (Å²) in [7, 11) is 1.64. The Hall–Kier alpha value is -1.26. The molecule has 5 heteroatoms. The maximum Gasteiger partial charge on any atom is 0.224 e. The lowest BCUT2D eigenvalue weighted by Gasteiger charge is -2.28. The van der Waals surface area contributed by atoms with Gasteiger partial charge < -0.3 is 15.4 Å². The molecule has 3 rings (SSSR count). The van der Waals surface area contributed by atoms with Gasteiger partial charge in [0.25, 0.3) is 0 Å². The molecule has 1 amide bonds. The van der Waals surface area contributed by atoms with Crippen molar-refractivity contribution in [3.8, 4) is 5.75 Å². The van der Waals surface area contributed by atoms with Crippen LogP contribution in [0, 0.1) is 5.92 Å². The topological polar surface area (TPSA) is 50.4 Å². The molecule has 1 aromatic carbocycles. The van der Waals surface area contributed by atoms with Gasteiger partial charge in [0, 0.05) is 24.2 Å². The number of hydrogen-bond donors (Lipinski definition) is 2. The largest absolute Gasteiger partial charge is 0.497 e. The minimum Gasteiger partial charge on any atom is -0.497 e. The van der Waals surface area contributed by atoms with Crippen LogP contribution in [0.4, 0.5) is 5.69 Å². The molecular formula is C16H23ClN2O2. The number of amides is 1. The van der Waals surface area contributed by atoms with Gasteiger partial charge in [-0.05, 0) is 55.9 Å². The van der Waals surface area contributed by atoms with Crippen molar-refractivity contribution < 1.29 is 9.53 Å². The molecule has 2 saturated heterocycles. The Kier molecular flexibility index (Phi) is 5.48. The van der Waals surface area contributed by atoms with Gasteiger partial charge >= 0.3 is 0 Å². The molecule has 0 spiro atoms. The molecule has 116 valence electrons. The zero-order valence-electron chi connectivity index (χ0n) is 12.3. The van der Waals surface area contributed by atoms with Crippen LogP contribution < -0.4 is 15.4 Å². The average molecular weight is 311 g/mol. The fourth-order valence-electron chi connectivity index (χ4n) is 3.49. The molecule has 0 aliphatic carbocycles. The minimum absolute atomic E-state index is 0. The van der Waals surface area contributed by atoms with Crippen LogP contribution in [0.5, 0.6) is 5.75 Å². The monoisotopic (exact) mass is 310 g/mol. The average Bonchev–Trinajstić information content (AvgIpc) is 2.78. The van der Waals surface area contributed by atoms with Crippen LogP contribution in [0.2, 0.25) is 0 Å². The normalized spacial score (nSPS) is 26.8. The second-order valence-electron chi connectivity index (χ2n) is 5.96. The smallest absolute Gasteiger partial charge is 0.224 e. The van der Waals surface area contributed by atoms with E-state index >= 15 is 0 Å². The lowest BCUT2D eigenvalue weighted by molar-refractivity contribution is -0.117. The summed E-state index contributed by atoms with van der Waals surface area (Å²) >= 11 is 0. The van der Waals surface area contributed by atoms with Crippen molar-refractivity contribution >= 4 is 24.0 Å². The van der Waals surface area contributed by atoms with Crippen molar-refractivity contribution in [1.82, 2.24) is 5.32 Å². The highest BCUT2D eigenvalue weighted by Gasteiger charge is 2.34. The Labute approximate surface area is 132 Å². The number of hydrogen-bond acceptors (Lipinski definition) is 3. The summed E-state index contributed by atoms with van der Waals surface area (Å²) in [5.41, 5.74) is 0.840. The van der Waals surface area contributed by atoms with Gasteiger partial charge in [0.1, 0.15) is 5.75 Å². The van der Waals surface area contributed by atoms with Crippen LogP contribution in [0.1, 0.15) is 32.1 Å². The minimum atomic E-state index is 0. The van der Waals surface area contributed by atoms with Gasteiger partial charge in [0.05, 0.1) is 7.11 Å². The number of methoxy groups -OCH3 is 1. The number of carbonyl (C=O) groups is 1. The molecule has 2 unspecified atom stereocenters. The van der Waals surface area contributed by atoms with Crippen molar-refractivity contribution in [2.45, 2.75) is 44.2 Å². The first-order chi connectivity index (χ1) is 9.72. The van der Waals surface area contributed by atoms with E-state index in [1.54, 1.807) is 7.11 Å². The van der Waals surface area contributed by atoms with E-state index in [2.05, 4.69) is 10.6 Å². The molecule has 0 aromatic heterocycles. The number of rotatable bonds is 4. The molecule has 2 fully saturated rings. The van der Waals surface area contributed by atoms with Crippen molar-refractivity contribution in [3.63, 3.8) is 0 Å². The number of fused-ring (bicyclic) bond motifs is 2. The second-order valence-corrected chi connectivity index (χ2v) is 5.96. The Morgan fingerprint density at radius 3 is 2.43 bits per heavy atom. The highest BCUT2D eigenvalue weighted by atomic mass is 35.5. The summed E-state index contributed by atoms with van der Waals surface area (Å²) in [4.78, 5) is 12.1. The maximum atomic E-state index is 12.1. The van der Waals surface area contributed by atoms with E-state index in [0.29, 0.717) is 24.4 Å². The summed E-state index contributed by atoms with van der Waals surface area (Å²) in [6.07, 6.45) is 5.49. The highest BCUT2D eigenvalue weighted by Crippen LogP contribution is 2.32. The third-order valence-electron chi connectivity index (χ3n) is 4.42. The van der Waals surface area contributed by atoms with E-state index in [1.807, 2.05) is 24.3 Å². The molecule has 2 aliphatic heterocycles. The van der Waals surface area contributed by atoms with E-state index in [9.17, 15) is 4.79 Å². The van der Waals surface area contributed by atoms with E-state index in [0.717, 1.165) is 24.3 Å². The first-order valence-corrected chi connectivity index (χ1v) is 7.43. The quantitative estimate of drug-likeness (QED) is 0.899. The van der Waals surface area contributed by atoms with Crippen LogP contribution >= 0.6 is 12.4 Å². The zero-order valence-corrected chi connectivity index (χ0v) is 13.1. The number of ether oxygens (including phenoxy) is 1. The molecule has 1 aromatic rings. The number of nitrogens with one attached hydrogen (secondary N) is 2. The summed E-state index contributed by atoms with van der Waals surface area (Å²) in [6.45, 7) is 0. The van der Waals surface area contributed by atoms with Crippen LogP contribution in [0.15, 0.2) is 24.3 Å². The van der Waals surface area contributed by atoms with Gasteiger partial charge in [0.15, 0.2) is 0 Å². The lowest BCUT2D eigenvalue weighted by atomic mass is 9.89. The molecule has 0 saturated carbocycles.